The normalized spacial score (nSPS) is 14.8. The van der Waals surface area contributed by atoms with Gasteiger partial charge >= 0.3 is 0 Å². The van der Waals surface area contributed by atoms with Crippen LogP contribution in [0.15, 0.2) is 52.0 Å². The van der Waals surface area contributed by atoms with Crippen LogP contribution in [0.4, 0.5) is 5.69 Å². The number of hydrogen-bond donors (Lipinski definition) is 2. The minimum atomic E-state index is -3.65. The largest absolute Gasteiger partial charge is 0.356 e. The number of H-pyrrole nitrogens is 1. The van der Waals surface area contributed by atoms with Crippen LogP contribution < -0.4 is 5.32 Å². The Labute approximate surface area is 239 Å². The predicted octanol–water partition coefficient (Wildman–Crippen LogP) is 5.32. The van der Waals surface area contributed by atoms with Crippen molar-refractivity contribution in [2.75, 3.05) is 25.5 Å². The van der Waals surface area contributed by atoms with Gasteiger partial charge in [0.25, 0.3) is 5.91 Å². The highest BCUT2D eigenvalue weighted by atomic mass is 79.9. The zero-order valence-corrected chi connectivity index (χ0v) is 25.4. The fraction of sp³-hybridized carbons (Fsp3) is 0.379. The first-order chi connectivity index (χ1) is 18.4. The molecular weight excluding hydrogens is 580 g/mol. The fourth-order valence-electron chi connectivity index (χ4n) is 5.15. The standard InChI is InChI=1S/C29H35BrN4O4S/c1-18-13-19(2)21(4)27(20(18)3)39(37,38)34-11-9-23(10-12-34)29(36)33(5)17-22-7-6-8-25(14-22)32-28(35)26-15-24(30)16-31-26/h6-8,13-16,23,31H,9-12,17H2,1-5H3,(H,32,35). The predicted molar refractivity (Wildman–Crippen MR) is 156 cm³/mol. The molecule has 8 nitrogen and oxygen atoms in total. The zero-order valence-electron chi connectivity index (χ0n) is 23.0. The Morgan fingerprint density at radius 2 is 1.69 bits per heavy atom. The lowest BCUT2D eigenvalue weighted by Gasteiger charge is -2.33. The van der Waals surface area contributed by atoms with E-state index in [9.17, 15) is 18.0 Å². The van der Waals surface area contributed by atoms with E-state index in [-0.39, 0.29) is 17.7 Å². The van der Waals surface area contributed by atoms with Gasteiger partial charge in [-0.3, -0.25) is 9.59 Å². The number of rotatable bonds is 7. The first kappa shape index (κ1) is 29.0. The summed E-state index contributed by atoms with van der Waals surface area (Å²) in [4.78, 5) is 30.7. The maximum absolute atomic E-state index is 13.6. The van der Waals surface area contributed by atoms with Crippen LogP contribution in [-0.2, 0) is 21.4 Å². The third-order valence-electron chi connectivity index (χ3n) is 7.57. The molecule has 2 heterocycles. The summed E-state index contributed by atoms with van der Waals surface area (Å²) in [5.74, 6) is -0.496. The number of aromatic amines is 1. The summed E-state index contributed by atoms with van der Waals surface area (Å²) in [5.41, 5.74) is 5.46. The van der Waals surface area contributed by atoms with Gasteiger partial charge < -0.3 is 15.2 Å². The molecule has 1 aromatic heterocycles. The number of piperidine rings is 1. The molecule has 0 spiro atoms. The van der Waals surface area contributed by atoms with E-state index < -0.39 is 10.0 Å². The molecule has 10 heteroatoms. The Kier molecular flexibility index (Phi) is 8.68. The lowest BCUT2D eigenvalue weighted by Crippen LogP contribution is -2.43. The number of hydrogen-bond acceptors (Lipinski definition) is 4. The van der Waals surface area contributed by atoms with E-state index in [0.717, 1.165) is 32.3 Å². The van der Waals surface area contributed by atoms with Gasteiger partial charge in [0.2, 0.25) is 15.9 Å². The van der Waals surface area contributed by atoms with Crippen LogP contribution in [0.25, 0.3) is 0 Å². The monoisotopic (exact) mass is 614 g/mol. The molecule has 0 atom stereocenters. The molecule has 2 aromatic carbocycles. The molecule has 0 bridgehead atoms. The summed E-state index contributed by atoms with van der Waals surface area (Å²) in [6, 6.07) is 11.1. The van der Waals surface area contributed by atoms with Crippen molar-refractivity contribution < 1.29 is 18.0 Å². The maximum Gasteiger partial charge on any atom is 0.272 e. The van der Waals surface area contributed by atoms with E-state index >= 15 is 0 Å². The number of nitrogens with one attached hydrogen (secondary N) is 2. The maximum atomic E-state index is 13.6. The molecule has 0 unspecified atom stereocenters. The zero-order chi connectivity index (χ0) is 28.5. The molecule has 208 valence electrons. The van der Waals surface area contributed by atoms with Crippen LogP contribution in [-0.4, -0.2) is 54.6 Å². The SMILES string of the molecule is Cc1cc(C)c(C)c(S(=O)(=O)N2CCC(C(=O)N(C)Cc3cccc(NC(=O)c4cc(Br)c[nH]4)c3)CC2)c1C. The quantitative estimate of drug-likeness (QED) is 0.376. The van der Waals surface area contributed by atoms with Crippen LogP contribution in [0, 0.1) is 33.6 Å². The van der Waals surface area contributed by atoms with Crippen LogP contribution in [0.1, 0.15) is 51.1 Å². The number of aromatic nitrogens is 1. The number of amides is 2. The summed E-state index contributed by atoms with van der Waals surface area (Å²) in [6.07, 6.45) is 2.65. The summed E-state index contributed by atoms with van der Waals surface area (Å²) in [7, 11) is -1.89. The summed E-state index contributed by atoms with van der Waals surface area (Å²) in [5, 5.41) is 2.87. The van der Waals surface area contributed by atoms with E-state index in [4.69, 9.17) is 0 Å². The van der Waals surface area contributed by atoms with Crippen molar-refractivity contribution in [1.29, 1.82) is 0 Å². The molecule has 3 aromatic rings. The molecule has 1 fully saturated rings. The van der Waals surface area contributed by atoms with Crippen molar-refractivity contribution in [2.24, 2.45) is 5.92 Å². The molecular formula is C29H35BrN4O4S. The van der Waals surface area contributed by atoms with Gasteiger partial charge in [-0.2, -0.15) is 4.31 Å². The molecule has 2 N–H and O–H groups in total. The van der Waals surface area contributed by atoms with Gasteiger partial charge in [-0.25, -0.2) is 8.42 Å². The minimum Gasteiger partial charge on any atom is -0.356 e. The average Bonchev–Trinajstić information content (AvgIpc) is 3.34. The van der Waals surface area contributed by atoms with Crippen LogP contribution in [0.5, 0.6) is 0 Å². The average molecular weight is 616 g/mol. The van der Waals surface area contributed by atoms with Crippen molar-refractivity contribution in [2.45, 2.75) is 52.0 Å². The van der Waals surface area contributed by atoms with Crippen molar-refractivity contribution in [1.82, 2.24) is 14.2 Å². The highest BCUT2D eigenvalue weighted by Crippen LogP contribution is 2.31. The van der Waals surface area contributed by atoms with Crippen LogP contribution in [0.2, 0.25) is 0 Å². The van der Waals surface area contributed by atoms with E-state index in [1.54, 1.807) is 30.3 Å². The van der Waals surface area contributed by atoms with Gasteiger partial charge in [0, 0.05) is 49.0 Å². The van der Waals surface area contributed by atoms with Gasteiger partial charge in [0.15, 0.2) is 0 Å². The highest BCUT2D eigenvalue weighted by molar-refractivity contribution is 9.10. The van der Waals surface area contributed by atoms with Crippen molar-refractivity contribution in [3.63, 3.8) is 0 Å². The minimum absolute atomic E-state index is 0.00326. The summed E-state index contributed by atoms with van der Waals surface area (Å²) < 4.78 is 29.5. The Morgan fingerprint density at radius 3 is 2.28 bits per heavy atom. The van der Waals surface area contributed by atoms with E-state index in [0.29, 0.717) is 48.8 Å². The smallest absolute Gasteiger partial charge is 0.272 e. The van der Waals surface area contributed by atoms with Crippen LogP contribution in [0.3, 0.4) is 0 Å². The van der Waals surface area contributed by atoms with Gasteiger partial charge in [-0.15, -0.1) is 0 Å². The second-order valence-electron chi connectivity index (χ2n) is 10.3. The topological polar surface area (TPSA) is 103 Å². The molecule has 39 heavy (non-hydrogen) atoms. The Bertz CT molecular complexity index is 1480. The lowest BCUT2D eigenvalue weighted by molar-refractivity contribution is -0.135. The highest BCUT2D eigenvalue weighted by Gasteiger charge is 2.35. The van der Waals surface area contributed by atoms with E-state index in [1.807, 2.05) is 52.0 Å². The Hall–Kier alpha value is -2.95. The van der Waals surface area contributed by atoms with Gasteiger partial charge in [0.1, 0.15) is 5.69 Å². The molecule has 4 rings (SSSR count). The number of aryl methyl sites for hydroxylation is 2. The molecule has 0 aliphatic carbocycles. The summed E-state index contributed by atoms with van der Waals surface area (Å²) >= 11 is 3.32. The first-order valence-corrected chi connectivity index (χ1v) is 15.2. The van der Waals surface area contributed by atoms with Crippen molar-refractivity contribution >= 4 is 43.5 Å². The third-order valence-corrected chi connectivity index (χ3v) is 10.2. The molecule has 1 aliphatic rings. The van der Waals surface area contributed by atoms with Gasteiger partial charge in [-0.05, 0) is 102 Å². The molecule has 0 saturated carbocycles. The Morgan fingerprint density at radius 1 is 1.05 bits per heavy atom. The van der Waals surface area contributed by atoms with Crippen molar-refractivity contribution in [3.8, 4) is 0 Å². The number of carbonyl (C=O) groups is 2. The van der Waals surface area contributed by atoms with Crippen LogP contribution >= 0.6 is 15.9 Å². The number of sulfonamides is 1. The number of nitrogens with zero attached hydrogens (tertiary/aromatic N) is 2. The number of halogens is 1. The lowest BCUT2D eigenvalue weighted by atomic mass is 9.96. The second kappa shape index (κ2) is 11.7. The van der Waals surface area contributed by atoms with E-state index in [1.165, 1.54) is 4.31 Å². The molecule has 2 amide bonds. The van der Waals surface area contributed by atoms with Crippen molar-refractivity contribution in [3.05, 3.63) is 80.6 Å². The van der Waals surface area contributed by atoms with E-state index in [2.05, 4.69) is 26.2 Å². The fourth-order valence-corrected chi connectivity index (χ4v) is 7.54. The van der Waals surface area contributed by atoms with Gasteiger partial charge in [0.05, 0.1) is 4.90 Å². The van der Waals surface area contributed by atoms with Gasteiger partial charge in [-0.1, -0.05) is 18.2 Å². The first-order valence-electron chi connectivity index (χ1n) is 12.9. The second-order valence-corrected chi connectivity index (χ2v) is 13.1. The Balaban J connectivity index is 1.37. The number of benzene rings is 2. The summed E-state index contributed by atoms with van der Waals surface area (Å²) in [6.45, 7) is 8.61. The molecule has 1 saturated heterocycles. The molecule has 1 aliphatic heterocycles. The molecule has 0 radical (unpaired) electrons. The number of anilines is 1. The third kappa shape index (κ3) is 6.28. The number of carbonyl (C=O) groups excluding carboxylic acids is 2.